The molecule has 0 spiro atoms. The van der Waals surface area contributed by atoms with Crippen LogP contribution in [-0.2, 0) is 6.54 Å². The Balaban J connectivity index is 2.69. The fourth-order valence-electron chi connectivity index (χ4n) is 1.49. The van der Waals surface area contributed by atoms with E-state index in [0.717, 1.165) is 10.9 Å². The Labute approximate surface area is 104 Å². The van der Waals surface area contributed by atoms with Gasteiger partial charge in [-0.3, -0.25) is 9.48 Å². The summed E-state index contributed by atoms with van der Waals surface area (Å²) in [5.74, 6) is 0.521. The molecule has 2 N–H and O–H groups in total. The van der Waals surface area contributed by atoms with Gasteiger partial charge >= 0.3 is 0 Å². The number of ketones is 1. The van der Waals surface area contributed by atoms with Crippen molar-refractivity contribution in [1.29, 1.82) is 0 Å². The Kier molecular flexibility index (Phi) is 5.15. The predicted octanol–water partition coefficient (Wildman–Crippen LogP) is 2.22. The Bertz CT molecular complexity index is 362. The Morgan fingerprint density at radius 1 is 1.69 bits per heavy atom. The van der Waals surface area contributed by atoms with Gasteiger partial charge < -0.3 is 5.73 Å². The lowest BCUT2D eigenvalue weighted by Crippen LogP contribution is -2.14. The van der Waals surface area contributed by atoms with E-state index in [2.05, 4.69) is 28.0 Å². The van der Waals surface area contributed by atoms with E-state index in [1.54, 1.807) is 10.9 Å². The van der Waals surface area contributed by atoms with E-state index in [1.807, 2.05) is 6.92 Å². The van der Waals surface area contributed by atoms with E-state index in [0.29, 0.717) is 31.1 Å². The van der Waals surface area contributed by atoms with Crippen LogP contribution in [0.2, 0.25) is 0 Å². The third-order valence-corrected chi connectivity index (χ3v) is 3.21. The lowest BCUT2D eigenvalue weighted by Gasteiger charge is -2.08. The van der Waals surface area contributed by atoms with Gasteiger partial charge in [0, 0.05) is 13.0 Å². The van der Waals surface area contributed by atoms with Crippen molar-refractivity contribution in [2.24, 2.45) is 11.7 Å². The zero-order valence-corrected chi connectivity index (χ0v) is 11.3. The molecule has 0 aliphatic carbocycles. The van der Waals surface area contributed by atoms with Gasteiger partial charge in [0.2, 0.25) is 0 Å². The Hall–Kier alpha value is -0.680. The summed E-state index contributed by atoms with van der Waals surface area (Å²) in [6.07, 6.45) is 3.03. The molecule has 0 amide bonds. The first-order valence-electron chi connectivity index (χ1n) is 5.54. The zero-order chi connectivity index (χ0) is 12.1. The van der Waals surface area contributed by atoms with Gasteiger partial charge in [-0.2, -0.15) is 5.10 Å². The topological polar surface area (TPSA) is 60.9 Å². The van der Waals surface area contributed by atoms with Gasteiger partial charge in [0.15, 0.2) is 5.78 Å². The normalized spacial score (nSPS) is 12.8. The highest BCUT2D eigenvalue weighted by atomic mass is 79.9. The summed E-state index contributed by atoms with van der Waals surface area (Å²) in [7, 11) is 0. The fourth-order valence-corrected chi connectivity index (χ4v) is 2.01. The molecular weight excluding hydrogens is 270 g/mol. The molecule has 1 atom stereocenters. The monoisotopic (exact) mass is 287 g/mol. The molecule has 1 aromatic heterocycles. The second-order valence-electron chi connectivity index (χ2n) is 3.96. The fraction of sp³-hybridized carbons (Fsp3) is 0.636. The van der Waals surface area contributed by atoms with E-state index in [1.165, 1.54) is 0 Å². The molecular formula is C11H18BrN3O. The van der Waals surface area contributed by atoms with Crippen LogP contribution in [0.3, 0.4) is 0 Å². The molecule has 0 saturated heterocycles. The van der Waals surface area contributed by atoms with Gasteiger partial charge in [-0.05, 0) is 41.7 Å². The molecule has 0 fully saturated rings. The second-order valence-corrected chi connectivity index (χ2v) is 4.81. The lowest BCUT2D eigenvalue weighted by molar-refractivity contribution is 0.0964. The molecule has 1 heterocycles. The molecule has 16 heavy (non-hydrogen) atoms. The number of aryl methyl sites for hydroxylation is 1. The smallest absolute Gasteiger partial charge is 0.182 e. The number of nitrogens with zero attached hydrogens (tertiary/aromatic N) is 2. The van der Waals surface area contributed by atoms with Gasteiger partial charge in [-0.15, -0.1) is 0 Å². The maximum atomic E-state index is 12.0. The van der Waals surface area contributed by atoms with Crippen LogP contribution in [0.1, 0.15) is 37.2 Å². The average molecular weight is 288 g/mol. The summed E-state index contributed by atoms with van der Waals surface area (Å²) in [5.41, 5.74) is 6.20. The number of Topliss-reactive ketones (excluding diaryl/α,β-unsaturated/α-hetero) is 1. The van der Waals surface area contributed by atoms with Gasteiger partial charge in [0.05, 0.1) is 10.7 Å². The largest absolute Gasteiger partial charge is 0.330 e. The molecule has 0 bridgehead atoms. The van der Waals surface area contributed by atoms with E-state index in [-0.39, 0.29) is 5.78 Å². The molecule has 0 aliphatic rings. The summed E-state index contributed by atoms with van der Waals surface area (Å²) in [5, 5.41) is 4.13. The zero-order valence-electron chi connectivity index (χ0n) is 9.74. The summed E-state index contributed by atoms with van der Waals surface area (Å²) >= 11 is 3.35. The molecule has 90 valence electrons. The number of hydrogen-bond acceptors (Lipinski definition) is 3. The van der Waals surface area contributed by atoms with Gasteiger partial charge in [0.1, 0.15) is 5.69 Å². The number of nitrogens with two attached hydrogens (primary N) is 1. The van der Waals surface area contributed by atoms with Crippen molar-refractivity contribution >= 4 is 21.7 Å². The van der Waals surface area contributed by atoms with Crippen molar-refractivity contribution in [2.45, 2.75) is 33.2 Å². The van der Waals surface area contributed by atoms with Crippen LogP contribution in [0.4, 0.5) is 0 Å². The van der Waals surface area contributed by atoms with Crippen molar-refractivity contribution in [3.8, 4) is 0 Å². The first-order chi connectivity index (χ1) is 7.60. The molecule has 1 unspecified atom stereocenters. The highest BCUT2D eigenvalue weighted by Gasteiger charge is 2.16. The first kappa shape index (κ1) is 13.4. The summed E-state index contributed by atoms with van der Waals surface area (Å²) in [6.45, 7) is 5.36. The number of hydrogen-bond donors (Lipinski definition) is 1. The quantitative estimate of drug-likeness (QED) is 0.816. The highest BCUT2D eigenvalue weighted by molar-refractivity contribution is 9.10. The molecule has 0 aromatic carbocycles. The van der Waals surface area contributed by atoms with Gasteiger partial charge in [-0.1, -0.05) is 6.92 Å². The molecule has 0 radical (unpaired) electrons. The van der Waals surface area contributed by atoms with Crippen LogP contribution >= 0.6 is 15.9 Å². The Morgan fingerprint density at radius 3 is 2.94 bits per heavy atom. The molecule has 1 aromatic rings. The number of halogens is 1. The van der Waals surface area contributed by atoms with E-state index >= 15 is 0 Å². The lowest BCUT2D eigenvalue weighted by atomic mass is 10.0. The average Bonchev–Trinajstić information content (AvgIpc) is 2.66. The second kappa shape index (κ2) is 6.15. The molecule has 0 saturated carbocycles. The summed E-state index contributed by atoms with van der Waals surface area (Å²) < 4.78 is 2.50. The van der Waals surface area contributed by atoms with Crippen LogP contribution in [-0.4, -0.2) is 22.1 Å². The van der Waals surface area contributed by atoms with Crippen LogP contribution in [0, 0.1) is 5.92 Å². The van der Waals surface area contributed by atoms with Crippen molar-refractivity contribution in [1.82, 2.24) is 9.78 Å². The maximum absolute atomic E-state index is 12.0. The standard InChI is InChI=1S/C11H18BrN3O/c1-3-15-11(9(12)7-14-15)10(16)5-4-8(2)6-13/h7-8H,3-6,13H2,1-2H3. The third-order valence-electron chi connectivity index (χ3n) is 2.63. The Morgan fingerprint density at radius 2 is 2.38 bits per heavy atom. The van der Waals surface area contributed by atoms with Crippen LogP contribution < -0.4 is 5.73 Å². The van der Waals surface area contributed by atoms with E-state index in [4.69, 9.17) is 5.73 Å². The highest BCUT2D eigenvalue weighted by Crippen LogP contribution is 2.19. The summed E-state index contributed by atoms with van der Waals surface area (Å²) in [4.78, 5) is 12.0. The SMILES string of the molecule is CCn1ncc(Br)c1C(=O)CCC(C)CN. The summed E-state index contributed by atoms with van der Waals surface area (Å²) in [6, 6.07) is 0. The first-order valence-corrected chi connectivity index (χ1v) is 6.34. The number of rotatable bonds is 6. The van der Waals surface area contributed by atoms with Crippen LogP contribution in [0.15, 0.2) is 10.7 Å². The maximum Gasteiger partial charge on any atom is 0.182 e. The number of carbonyl (C=O) groups excluding carboxylic acids is 1. The number of aromatic nitrogens is 2. The molecule has 4 nitrogen and oxygen atoms in total. The minimum Gasteiger partial charge on any atom is -0.330 e. The van der Waals surface area contributed by atoms with Crippen molar-refractivity contribution in [3.63, 3.8) is 0 Å². The van der Waals surface area contributed by atoms with Crippen molar-refractivity contribution in [3.05, 3.63) is 16.4 Å². The third kappa shape index (κ3) is 3.15. The minimum atomic E-state index is 0.131. The number of carbonyl (C=O) groups is 1. The molecule has 5 heteroatoms. The van der Waals surface area contributed by atoms with E-state index < -0.39 is 0 Å². The molecule has 1 rings (SSSR count). The van der Waals surface area contributed by atoms with Gasteiger partial charge in [0.25, 0.3) is 0 Å². The van der Waals surface area contributed by atoms with Crippen LogP contribution in [0.25, 0.3) is 0 Å². The van der Waals surface area contributed by atoms with Crippen LogP contribution in [0.5, 0.6) is 0 Å². The van der Waals surface area contributed by atoms with Gasteiger partial charge in [-0.25, -0.2) is 0 Å². The van der Waals surface area contributed by atoms with Crippen molar-refractivity contribution in [2.75, 3.05) is 6.54 Å². The predicted molar refractivity (Wildman–Crippen MR) is 67.4 cm³/mol. The molecule has 0 aliphatic heterocycles. The van der Waals surface area contributed by atoms with Crippen molar-refractivity contribution < 1.29 is 4.79 Å². The van der Waals surface area contributed by atoms with E-state index in [9.17, 15) is 4.79 Å². The minimum absolute atomic E-state index is 0.131.